The molecule has 7 nitrogen and oxygen atoms in total. The maximum Gasteiger partial charge on any atom is 0.220 e. The first-order valence-electron chi connectivity index (χ1n) is 9.33. The van der Waals surface area contributed by atoms with Gasteiger partial charge in [0.25, 0.3) is 0 Å². The van der Waals surface area contributed by atoms with E-state index in [1.807, 2.05) is 0 Å². The van der Waals surface area contributed by atoms with Crippen molar-refractivity contribution in [3.63, 3.8) is 0 Å². The number of hydrogen-bond donors (Lipinski definition) is 2. The lowest BCUT2D eigenvalue weighted by atomic mass is 10.1. The fraction of sp³-hybridized carbons (Fsp3) is 0.611. The van der Waals surface area contributed by atoms with E-state index in [0.29, 0.717) is 12.5 Å². The zero-order valence-corrected chi connectivity index (χ0v) is 14.8. The number of amides is 1. The molecule has 0 saturated carbocycles. The number of aromatic amines is 1. The molecular formula is C18H26N6O. The number of nitrogens with one attached hydrogen (secondary N) is 2. The summed E-state index contributed by atoms with van der Waals surface area (Å²) in [6.07, 6.45) is 7.37. The van der Waals surface area contributed by atoms with Gasteiger partial charge in [-0.05, 0) is 24.8 Å². The molecule has 0 aromatic carbocycles. The van der Waals surface area contributed by atoms with Gasteiger partial charge in [0, 0.05) is 51.4 Å². The minimum Gasteiger partial charge on any atom is -0.356 e. The molecule has 0 aliphatic carbocycles. The average Bonchev–Trinajstić information content (AvgIpc) is 2.96. The standard InChI is InChI=1S/C18H26N6O/c1-2-13-11-20-17-16(13)18(22-12-21-17)24-9-7-23(8-10-24)14-3-4-15(25)19-6-5-14/h11-12,14H,2-10H2,1H3,(H,19,25)(H,20,21,22). The SMILES string of the molecule is CCc1c[nH]c2ncnc(N3CCN(C4CCNC(=O)CC4)CC3)c12. The molecule has 2 aromatic heterocycles. The zero-order chi connectivity index (χ0) is 17.2. The normalized spacial score (nSPS) is 22.8. The number of carbonyl (C=O) groups is 1. The molecule has 2 aliphatic rings. The van der Waals surface area contributed by atoms with Crippen molar-refractivity contribution in [3.8, 4) is 0 Å². The van der Waals surface area contributed by atoms with Crippen molar-refractivity contribution in [2.75, 3.05) is 37.6 Å². The Balaban J connectivity index is 1.47. The number of hydrogen-bond acceptors (Lipinski definition) is 5. The second kappa shape index (κ2) is 7.00. The molecule has 7 heteroatoms. The minimum absolute atomic E-state index is 0.198. The lowest BCUT2D eigenvalue weighted by Crippen LogP contribution is -2.50. The maximum atomic E-state index is 11.6. The molecule has 2 aromatic rings. The first-order valence-corrected chi connectivity index (χ1v) is 9.33. The van der Waals surface area contributed by atoms with Gasteiger partial charge in [-0.3, -0.25) is 9.69 Å². The number of aromatic nitrogens is 3. The summed E-state index contributed by atoms with van der Waals surface area (Å²) < 4.78 is 0. The van der Waals surface area contributed by atoms with E-state index in [2.05, 4.69) is 43.2 Å². The van der Waals surface area contributed by atoms with E-state index in [0.717, 1.165) is 63.5 Å². The molecule has 2 N–H and O–H groups in total. The molecule has 1 unspecified atom stereocenters. The molecule has 134 valence electrons. The molecule has 2 aliphatic heterocycles. The number of carbonyl (C=O) groups excluding carboxylic acids is 1. The van der Waals surface area contributed by atoms with Crippen LogP contribution >= 0.6 is 0 Å². The van der Waals surface area contributed by atoms with Crippen LogP contribution in [0.25, 0.3) is 11.0 Å². The van der Waals surface area contributed by atoms with Crippen LogP contribution in [0.5, 0.6) is 0 Å². The summed E-state index contributed by atoms with van der Waals surface area (Å²) in [5, 5.41) is 4.15. The topological polar surface area (TPSA) is 77.2 Å². The van der Waals surface area contributed by atoms with E-state index in [1.165, 1.54) is 10.9 Å². The maximum absolute atomic E-state index is 11.6. The van der Waals surface area contributed by atoms with Crippen LogP contribution in [0.2, 0.25) is 0 Å². The summed E-state index contributed by atoms with van der Waals surface area (Å²) in [5.41, 5.74) is 2.21. The quantitative estimate of drug-likeness (QED) is 0.879. The smallest absolute Gasteiger partial charge is 0.220 e. The van der Waals surface area contributed by atoms with Crippen molar-refractivity contribution in [3.05, 3.63) is 18.1 Å². The summed E-state index contributed by atoms with van der Waals surface area (Å²) in [7, 11) is 0. The lowest BCUT2D eigenvalue weighted by Gasteiger charge is -2.39. The van der Waals surface area contributed by atoms with Crippen molar-refractivity contribution < 1.29 is 4.79 Å². The summed E-state index contributed by atoms with van der Waals surface area (Å²) in [6.45, 7) is 6.96. The molecular weight excluding hydrogens is 316 g/mol. The Morgan fingerprint density at radius 2 is 2.04 bits per heavy atom. The Labute approximate surface area is 147 Å². The Morgan fingerprint density at radius 1 is 1.20 bits per heavy atom. The third-order valence-electron chi connectivity index (χ3n) is 5.55. The van der Waals surface area contributed by atoms with E-state index >= 15 is 0 Å². The van der Waals surface area contributed by atoms with Crippen LogP contribution in [-0.4, -0.2) is 64.5 Å². The predicted octanol–water partition coefficient (Wildman–Crippen LogP) is 1.31. The second-order valence-corrected chi connectivity index (χ2v) is 6.94. The van der Waals surface area contributed by atoms with Gasteiger partial charge in [0.15, 0.2) is 0 Å². The monoisotopic (exact) mass is 342 g/mol. The number of H-pyrrole nitrogens is 1. The number of aryl methyl sites for hydroxylation is 1. The molecule has 25 heavy (non-hydrogen) atoms. The highest BCUT2D eigenvalue weighted by Gasteiger charge is 2.27. The van der Waals surface area contributed by atoms with Crippen LogP contribution in [0.1, 0.15) is 31.7 Å². The molecule has 0 bridgehead atoms. The Hall–Kier alpha value is -2.15. The van der Waals surface area contributed by atoms with Crippen LogP contribution in [0.15, 0.2) is 12.5 Å². The summed E-state index contributed by atoms with van der Waals surface area (Å²) >= 11 is 0. The van der Waals surface area contributed by atoms with Gasteiger partial charge in [-0.25, -0.2) is 9.97 Å². The molecule has 1 atom stereocenters. The van der Waals surface area contributed by atoms with Crippen LogP contribution in [0, 0.1) is 0 Å². The van der Waals surface area contributed by atoms with Crippen molar-refractivity contribution in [2.24, 2.45) is 0 Å². The first kappa shape index (κ1) is 16.3. The molecule has 0 radical (unpaired) electrons. The molecule has 2 saturated heterocycles. The van der Waals surface area contributed by atoms with Gasteiger partial charge in [0.1, 0.15) is 17.8 Å². The zero-order valence-electron chi connectivity index (χ0n) is 14.8. The molecule has 4 rings (SSSR count). The van der Waals surface area contributed by atoms with E-state index in [1.54, 1.807) is 6.33 Å². The van der Waals surface area contributed by atoms with E-state index < -0.39 is 0 Å². The number of anilines is 1. The van der Waals surface area contributed by atoms with Crippen LogP contribution < -0.4 is 10.2 Å². The second-order valence-electron chi connectivity index (χ2n) is 6.94. The Kier molecular flexibility index (Phi) is 4.57. The highest BCUT2D eigenvalue weighted by molar-refractivity contribution is 5.90. The summed E-state index contributed by atoms with van der Waals surface area (Å²) in [5.74, 6) is 1.25. The summed E-state index contributed by atoms with van der Waals surface area (Å²) in [6, 6.07) is 0.518. The number of rotatable bonds is 3. The van der Waals surface area contributed by atoms with Gasteiger partial charge < -0.3 is 15.2 Å². The van der Waals surface area contributed by atoms with E-state index in [-0.39, 0.29) is 5.91 Å². The van der Waals surface area contributed by atoms with Crippen LogP contribution in [0.4, 0.5) is 5.82 Å². The van der Waals surface area contributed by atoms with Crippen LogP contribution in [0.3, 0.4) is 0 Å². The molecule has 0 spiro atoms. The van der Waals surface area contributed by atoms with Gasteiger partial charge in [0.2, 0.25) is 5.91 Å². The number of piperazine rings is 1. The minimum atomic E-state index is 0.198. The number of nitrogens with zero attached hydrogens (tertiary/aromatic N) is 4. The van der Waals surface area contributed by atoms with Crippen LogP contribution in [-0.2, 0) is 11.2 Å². The predicted molar refractivity (Wildman–Crippen MR) is 97.7 cm³/mol. The average molecular weight is 342 g/mol. The molecule has 1 amide bonds. The first-order chi connectivity index (χ1) is 12.3. The van der Waals surface area contributed by atoms with Gasteiger partial charge in [-0.15, -0.1) is 0 Å². The van der Waals surface area contributed by atoms with E-state index in [4.69, 9.17) is 0 Å². The van der Waals surface area contributed by atoms with Gasteiger partial charge in [0.05, 0.1) is 5.39 Å². The van der Waals surface area contributed by atoms with Gasteiger partial charge in [-0.2, -0.15) is 0 Å². The largest absolute Gasteiger partial charge is 0.356 e. The van der Waals surface area contributed by atoms with Crippen molar-refractivity contribution in [1.82, 2.24) is 25.2 Å². The molecule has 2 fully saturated rings. The highest BCUT2D eigenvalue weighted by Crippen LogP contribution is 2.28. The third kappa shape index (κ3) is 3.20. The molecule has 4 heterocycles. The Bertz CT molecular complexity index is 749. The fourth-order valence-corrected chi connectivity index (χ4v) is 4.10. The lowest BCUT2D eigenvalue weighted by molar-refractivity contribution is -0.120. The van der Waals surface area contributed by atoms with Crippen molar-refractivity contribution in [1.29, 1.82) is 0 Å². The summed E-state index contributed by atoms with van der Waals surface area (Å²) in [4.78, 5) is 28.7. The Morgan fingerprint density at radius 3 is 2.84 bits per heavy atom. The van der Waals surface area contributed by atoms with Crippen molar-refractivity contribution in [2.45, 2.75) is 38.6 Å². The number of fused-ring (bicyclic) bond motifs is 1. The van der Waals surface area contributed by atoms with Crippen molar-refractivity contribution >= 4 is 22.8 Å². The highest BCUT2D eigenvalue weighted by atomic mass is 16.1. The van der Waals surface area contributed by atoms with Gasteiger partial charge in [-0.1, -0.05) is 6.92 Å². The van der Waals surface area contributed by atoms with Gasteiger partial charge >= 0.3 is 0 Å². The third-order valence-corrected chi connectivity index (χ3v) is 5.55. The fourth-order valence-electron chi connectivity index (χ4n) is 4.10. The van der Waals surface area contributed by atoms with E-state index in [9.17, 15) is 4.79 Å².